The fourth-order valence-corrected chi connectivity index (χ4v) is 3.91. The highest BCUT2D eigenvalue weighted by atomic mass is 16.6. The molecule has 1 aliphatic rings. The van der Waals surface area contributed by atoms with Gasteiger partial charge in [-0.1, -0.05) is 30.3 Å². The number of ketones is 1. The second-order valence-corrected chi connectivity index (χ2v) is 7.76. The van der Waals surface area contributed by atoms with E-state index in [1.165, 1.54) is 27.7 Å². The Bertz CT molecular complexity index is 775. The summed E-state index contributed by atoms with van der Waals surface area (Å²) in [5.74, 6) is -2.36. The molecule has 0 aliphatic carbocycles. The fourth-order valence-electron chi connectivity index (χ4n) is 3.91. The SMILES string of the molecule is CC(=O)C[C@H]1[C@H](OC(C)=O)[C@@H](COC(C)=O)OC(CCc2ccccc2)[C@@H]1OC(C)=O. The van der Waals surface area contributed by atoms with Crippen LogP contribution < -0.4 is 0 Å². The quantitative estimate of drug-likeness (QED) is 0.431. The lowest BCUT2D eigenvalue weighted by molar-refractivity contribution is -0.233. The second kappa shape index (κ2) is 11.6. The van der Waals surface area contributed by atoms with Crippen molar-refractivity contribution in [2.24, 2.45) is 5.92 Å². The lowest BCUT2D eigenvalue weighted by Gasteiger charge is -2.45. The number of hydrogen-bond donors (Lipinski definition) is 0. The van der Waals surface area contributed by atoms with Crippen molar-refractivity contribution in [3.8, 4) is 0 Å². The van der Waals surface area contributed by atoms with Gasteiger partial charge in [0.25, 0.3) is 0 Å². The van der Waals surface area contributed by atoms with Gasteiger partial charge in [-0.3, -0.25) is 14.4 Å². The van der Waals surface area contributed by atoms with Crippen molar-refractivity contribution in [2.75, 3.05) is 6.61 Å². The Morgan fingerprint density at radius 1 is 0.839 bits per heavy atom. The maximum Gasteiger partial charge on any atom is 0.303 e. The number of rotatable bonds is 9. The maximum absolute atomic E-state index is 12.0. The average molecular weight is 434 g/mol. The monoisotopic (exact) mass is 434 g/mol. The highest BCUT2D eigenvalue weighted by molar-refractivity contribution is 5.76. The lowest BCUT2D eigenvalue weighted by Crippen LogP contribution is -2.58. The van der Waals surface area contributed by atoms with E-state index < -0.39 is 48.2 Å². The molecule has 2 rings (SSSR count). The summed E-state index contributed by atoms with van der Waals surface area (Å²) in [6, 6.07) is 9.74. The summed E-state index contributed by atoms with van der Waals surface area (Å²) < 4.78 is 22.3. The van der Waals surface area contributed by atoms with Crippen molar-refractivity contribution in [1.82, 2.24) is 0 Å². The standard InChI is InChI=1S/C23H30O8/c1-14(24)12-19-22(29-16(3)26)20(11-10-18-8-6-5-7-9-18)31-21(13-28-15(2)25)23(19)30-17(4)27/h5-9,19-23H,10-13H2,1-4H3/t19-,20?,21-,22-,23+/m1/s1. The third kappa shape index (κ3) is 7.79. The zero-order valence-corrected chi connectivity index (χ0v) is 18.4. The fraction of sp³-hybridized carbons (Fsp3) is 0.565. The van der Waals surface area contributed by atoms with Gasteiger partial charge in [-0.15, -0.1) is 0 Å². The molecule has 0 N–H and O–H groups in total. The van der Waals surface area contributed by atoms with Crippen LogP contribution in [-0.4, -0.2) is 54.7 Å². The average Bonchev–Trinajstić information content (AvgIpc) is 2.68. The van der Waals surface area contributed by atoms with Crippen LogP contribution in [0.25, 0.3) is 0 Å². The smallest absolute Gasteiger partial charge is 0.303 e. The van der Waals surface area contributed by atoms with E-state index in [-0.39, 0.29) is 18.8 Å². The maximum atomic E-state index is 12.0. The number of hydrogen-bond acceptors (Lipinski definition) is 8. The molecule has 1 aliphatic heterocycles. The third-order valence-electron chi connectivity index (χ3n) is 5.06. The molecule has 1 aromatic carbocycles. The molecule has 0 aromatic heterocycles. The van der Waals surface area contributed by atoms with Gasteiger partial charge in [-0.2, -0.15) is 0 Å². The van der Waals surface area contributed by atoms with E-state index in [0.29, 0.717) is 12.8 Å². The van der Waals surface area contributed by atoms with Crippen LogP contribution in [0.1, 0.15) is 46.1 Å². The third-order valence-corrected chi connectivity index (χ3v) is 5.06. The molecule has 0 spiro atoms. The van der Waals surface area contributed by atoms with Gasteiger partial charge in [0.1, 0.15) is 30.7 Å². The van der Waals surface area contributed by atoms with Crippen LogP contribution in [0.2, 0.25) is 0 Å². The minimum atomic E-state index is -0.905. The lowest BCUT2D eigenvalue weighted by atomic mass is 9.81. The molecule has 0 amide bonds. The summed E-state index contributed by atoms with van der Waals surface area (Å²) in [7, 11) is 0. The molecule has 1 saturated heterocycles. The van der Waals surface area contributed by atoms with E-state index in [1.54, 1.807) is 0 Å². The van der Waals surface area contributed by atoms with Gasteiger partial charge < -0.3 is 23.7 Å². The zero-order chi connectivity index (χ0) is 23.0. The van der Waals surface area contributed by atoms with E-state index in [0.717, 1.165) is 5.56 Å². The molecule has 1 heterocycles. The Hall–Kier alpha value is -2.74. The van der Waals surface area contributed by atoms with Crippen molar-refractivity contribution in [3.05, 3.63) is 35.9 Å². The summed E-state index contributed by atoms with van der Waals surface area (Å²) in [4.78, 5) is 47.0. The summed E-state index contributed by atoms with van der Waals surface area (Å²) in [5, 5.41) is 0. The van der Waals surface area contributed by atoms with Crippen LogP contribution in [0.5, 0.6) is 0 Å². The number of esters is 3. The van der Waals surface area contributed by atoms with Gasteiger partial charge in [-0.05, 0) is 25.3 Å². The van der Waals surface area contributed by atoms with E-state index in [2.05, 4.69) is 0 Å². The van der Waals surface area contributed by atoms with Crippen LogP contribution in [0, 0.1) is 5.92 Å². The zero-order valence-electron chi connectivity index (χ0n) is 18.4. The van der Waals surface area contributed by atoms with Crippen LogP contribution in [-0.2, 0) is 44.5 Å². The van der Waals surface area contributed by atoms with Gasteiger partial charge in [0, 0.05) is 33.1 Å². The van der Waals surface area contributed by atoms with E-state index in [4.69, 9.17) is 18.9 Å². The Labute approximate surface area is 182 Å². The summed E-state index contributed by atoms with van der Waals surface area (Å²) in [6.45, 7) is 5.08. The largest absolute Gasteiger partial charge is 0.463 e. The van der Waals surface area contributed by atoms with E-state index in [9.17, 15) is 19.2 Å². The molecule has 1 aromatic rings. The van der Waals surface area contributed by atoms with Crippen molar-refractivity contribution in [3.63, 3.8) is 0 Å². The molecule has 170 valence electrons. The molecular formula is C23H30O8. The number of carbonyl (C=O) groups is 4. The van der Waals surface area contributed by atoms with Crippen molar-refractivity contribution >= 4 is 23.7 Å². The topological polar surface area (TPSA) is 105 Å². The number of benzene rings is 1. The van der Waals surface area contributed by atoms with E-state index >= 15 is 0 Å². The normalized spacial score (nSPS) is 25.4. The van der Waals surface area contributed by atoms with Gasteiger partial charge in [0.2, 0.25) is 0 Å². The first-order valence-corrected chi connectivity index (χ1v) is 10.3. The van der Waals surface area contributed by atoms with Crippen molar-refractivity contribution in [2.45, 2.75) is 71.4 Å². The Morgan fingerprint density at radius 2 is 1.42 bits per heavy atom. The Kier molecular flexibility index (Phi) is 9.18. The molecule has 1 fully saturated rings. The van der Waals surface area contributed by atoms with Crippen LogP contribution in [0.15, 0.2) is 30.3 Å². The summed E-state index contributed by atoms with van der Waals surface area (Å²) in [6.07, 6.45) is -1.88. The Balaban J connectivity index is 2.35. The Morgan fingerprint density at radius 3 is 1.94 bits per heavy atom. The first kappa shape index (κ1) is 24.5. The molecule has 1 unspecified atom stereocenters. The van der Waals surface area contributed by atoms with Crippen LogP contribution in [0.3, 0.4) is 0 Å². The number of aryl methyl sites for hydroxylation is 1. The van der Waals surface area contributed by atoms with Crippen LogP contribution in [0.4, 0.5) is 0 Å². The number of ether oxygens (including phenoxy) is 4. The minimum Gasteiger partial charge on any atom is -0.463 e. The summed E-state index contributed by atoms with van der Waals surface area (Å²) >= 11 is 0. The molecule has 8 nitrogen and oxygen atoms in total. The predicted molar refractivity (Wildman–Crippen MR) is 110 cm³/mol. The first-order chi connectivity index (χ1) is 14.7. The highest BCUT2D eigenvalue weighted by Gasteiger charge is 2.49. The molecule has 0 saturated carbocycles. The molecule has 8 heteroatoms. The number of carbonyl (C=O) groups excluding carboxylic acids is 4. The van der Waals surface area contributed by atoms with Gasteiger partial charge in [0.05, 0.1) is 6.10 Å². The minimum absolute atomic E-state index is 0.0255. The first-order valence-electron chi connectivity index (χ1n) is 10.3. The van der Waals surface area contributed by atoms with Gasteiger partial charge in [-0.25, -0.2) is 0 Å². The van der Waals surface area contributed by atoms with Crippen molar-refractivity contribution in [1.29, 1.82) is 0 Å². The highest BCUT2D eigenvalue weighted by Crippen LogP contribution is 2.35. The van der Waals surface area contributed by atoms with Gasteiger partial charge >= 0.3 is 17.9 Å². The van der Waals surface area contributed by atoms with Crippen molar-refractivity contribution < 1.29 is 38.1 Å². The predicted octanol–water partition coefficient (Wildman–Crippen LogP) is 2.41. The molecular weight excluding hydrogens is 404 g/mol. The molecule has 31 heavy (non-hydrogen) atoms. The van der Waals surface area contributed by atoms with Gasteiger partial charge in [0.15, 0.2) is 0 Å². The number of Topliss-reactive ketones (excluding diaryl/α,β-unsaturated/α-hetero) is 1. The van der Waals surface area contributed by atoms with E-state index in [1.807, 2.05) is 30.3 Å². The molecule has 5 atom stereocenters. The van der Waals surface area contributed by atoms with Crippen LogP contribution >= 0.6 is 0 Å². The molecule has 0 radical (unpaired) electrons. The summed E-state index contributed by atoms with van der Waals surface area (Å²) in [5.41, 5.74) is 1.08. The molecule has 0 bridgehead atoms. The second-order valence-electron chi connectivity index (χ2n) is 7.76.